The van der Waals surface area contributed by atoms with Crippen LogP contribution in [0.4, 0.5) is 0 Å². The van der Waals surface area contributed by atoms with Gasteiger partial charge in [0.2, 0.25) is 0 Å². The van der Waals surface area contributed by atoms with E-state index in [4.69, 9.17) is 0 Å². The van der Waals surface area contributed by atoms with Gasteiger partial charge in [-0.15, -0.1) is 22.7 Å². The summed E-state index contributed by atoms with van der Waals surface area (Å²) in [7, 11) is 0. The molecule has 0 aliphatic carbocycles. The third-order valence-electron chi connectivity index (χ3n) is 3.44. The summed E-state index contributed by atoms with van der Waals surface area (Å²) in [6.07, 6.45) is 0. The molecule has 1 N–H and O–H groups in total. The van der Waals surface area contributed by atoms with E-state index in [1.54, 1.807) is 0 Å². The van der Waals surface area contributed by atoms with Gasteiger partial charge in [0, 0.05) is 23.2 Å². The summed E-state index contributed by atoms with van der Waals surface area (Å²) >= 11 is 11.1. The Kier molecular flexibility index (Phi) is 4.86. The minimum atomic E-state index is 0.228. The summed E-state index contributed by atoms with van der Waals surface area (Å²) in [6, 6.07) is 9.15. The summed E-state index contributed by atoms with van der Waals surface area (Å²) < 4.78 is 5.06. The van der Waals surface area contributed by atoms with Crippen molar-refractivity contribution in [3.63, 3.8) is 0 Å². The standard InChI is InChI=1S/C16H15Br2NS2/c1-3-19-16(10-7-11(17)9(2)6-12(10)18)15-8-14-13(21-15)4-5-20-14/h4-8,16,19H,3H2,1-2H3. The molecule has 21 heavy (non-hydrogen) atoms. The molecule has 0 fully saturated rings. The molecule has 1 atom stereocenters. The van der Waals surface area contributed by atoms with E-state index in [-0.39, 0.29) is 6.04 Å². The lowest BCUT2D eigenvalue weighted by Crippen LogP contribution is -2.21. The third kappa shape index (κ3) is 3.13. The molecule has 0 aliphatic rings. The first kappa shape index (κ1) is 15.7. The summed E-state index contributed by atoms with van der Waals surface area (Å²) in [5.74, 6) is 0. The number of thiophene rings is 2. The van der Waals surface area contributed by atoms with E-state index in [9.17, 15) is 0 Å². The van der Waals surface area contributed by atoms with E-state index in [0.29, 0.717) is 0 Å². The highest BCUT2D eigenvalue weighted by molar-refractivity contribution is 9.11. The molecule has 0 spiro atoms. The van der Waals surface area contributed by atoms with Gasteiger partial charge in [-0.1, -0.05) is 38.8 Å². The Bertz CT molecular complexity index is 747. The molecule has 3 aromatic rings. The van der Waals surface area contributed by atoms with Crippen LogP contribution < -0.4 is 5.32 Å². The van der Waals surface area contributed by atoms with Crippen molar-refractivity contribution < 1.29 is 0 Å². The van der Waals surface area contributed by atoms with Crippen molar-refractivity contribution in [2.24, 2.45) is 0 Å². The molecule has 2 heterocycles. The van der Waals surface area contributed by atoms with Crippen LogP contribution in [0.2, 0.25) is 0 Å². The van der Waals surface area contributed by atoms with E-state index in [1.165, 1.54) is 25.4 Å². The van der Waals surface area contributed by atoms with Crippen LogP contribution in [0.5, 0.6) is 0 Å². The average Bonchev–Trinajstić information content (AvgIpc) is 3.01. The molecule has 5 heteroatoms. The maximum absolute atomic E-state index is 3.73. The van der Waals surface area contributed by atoms with E-state index < -0.39 is 0 Å². The summed E-state index contributed by atoms with van der Waals surface area (Å²) in [5, 5.41) is 5.78. The van der Waals surface area contributed by atoms with Crippen LogP contribution in [0.1, 0.15) is 29.0 Å². The van der Waals surface area contributed by atoms with Crippen LogP contribution in [-0.2, 0) is 0 Å². The van der Waals surface area contributed by atoms with Crippen LogP contribution in [0.25, 0.3) is 9.40 Å². The van der Waals surface area contributed by atoms with Crippen LogP contribution in [0.15, 0.2) is 38.6 Å². The molecule has 2 aromatic heterocycles. The maximum Gasteiger partial charge on any atom is 0.0683 e. The monoisotopic (exact) mass is 443 g/mol. The maximum atomic E-state index is 3.73. The molecular formula is C16H15Br2NS2. The van der Waals surface area contributed by atoms with Crippen LogP contribution >= 0.6 is 54.5 Å². The Morgan fingerprint density at radius 1 is 1.14 bits per heavy atom. The van der Waals surface area contributed by atoms with Gasteiger partial charge in [-0.25, -0.2) is 0 Å². The predicted octanol–water partition coefficient (Wildman–Crippen LogP) is 6.50. The Morgan fingerprint density at radius 2 is 1.95 bits per heavy atom. The van der Waals surface area contributed by atoms with E-state index >= 15 is 0 Å². The molecule has 0 aliphatic heterocycles. The highest BCUT2D eigenvalue weighted by Crippen LogP contribution is 2.39. The number of rotatable bonds is 4. The molecule has 0 saturated carbocycles. The van der Waals surface area contributed by atoms with E-state index in [2.05, 4.69) is 80.7 Å². The molecule has 0 bridgehead atoms. The molecule has 1 unspecified atom stereocenters. The van der Waals surface area contributed by atoms with Crippen molar-refractivity contribution in [3.8, 4) is 0 Å². The number of nitrogens with one attached hydrogen (secondary N) is 1. The molecular weight excluding hydrogens is 430 g/mol. The molecule has 3 rings (SSSR count). The van der Waals surface area contributed by atoms with Gasteiger partial charge in [-0.3, -0.25) is 0 Å². The van der Waals surface area contributed by atoms with Gasteiger partial charge in [-0.05, 0) is 54.2 Å². The summed E-state index contributed by atoms with van der Waals surface area (Å²) in [4.78, 5) is 1.37. The zero-order chi connectivity index (χ0) is 15.0. The van der Waals surface area contributed by atoms with Gasteiger partial charge in [0.25, 0.3) is 0 Å². The first-order chi connectivity index (χ1) is 10.1. The Hall–Kier alpha value is -0.200. The lowest BCUT2D eigenvalue weighted by atomic mass is 10.0. The summed E-state index contributed by atoms with van der Waals surface area (Å²) in [5.41, 5.74) is 2.52. The van der Waals surface area contributed by atoms with Crippen molar-refractivity contribution in [2.75, 3.05) is 6.54 Å². The first-order valence-electron chi connectivity index (χ1n) is 6.76. The zero-order valence-corrected chi connectivity index (χ0v) is 16.5. The minimum Gasteiger partial charge on any atom is -0.306 e. The van der Waals surface area contributed by atoms with E-state index in [0.717, 1.165) is 15.5 Å². The van der Waals surface area contributed by atoms with Gasteiger partial charge in [0.15, 0.2) is 0 Å². The largest absolute Gasteiger partial charge is 0.306 e. The van der Waals surface area contributed by atoms with Crippen LogP contribution in [0, 0.1) is 6.92 Å². The molecule has 1 aromatic carbocycles. The van der Waals surface area contributed by atoms with Crippen molar-refractivity contribution in [3.05, 3.63) is 54.6 Å². The van der Waals surface area contributed by atoms with Crippen LogP contribution in [0.3, 0.4) is 0 Å². The van der Waals surface area contributed by atoms with Crippen molar-refractivity contribution in [1.29, 1.82) is 0 Å². The van der Waals surface area contributed by atoms with Gasteiger partial charge in [0.05, 0.1) is 6.04 Å². The minimum absolute atomic E-state index is 0.228. The number of hydrogen-bond acceptors (Lipinski definition) is 3. The average molecular weight is 445 g/mol. The Morgan fingerprint density at radius 3 is 2.67 bits per heavy atom. The number of fused-ring (bicyclic) bond motifs is 1. The molecule has 1 nitrogen and oxygen atoms in total. The fraction of sp³-hybridized carbons (Fsp3) is 0.250. The lowest BCUT2D eigenvalue weighted by Gasteiger charge is -2.19. The van der Waals surface area contributed by atoms with Gasteiger partial charge in [-0.2, -0.15) is 0 Å². The highest BCUT2D eigenvalue weighted by Gasteiger charge is 2.19. The number of halogens is 2. The van der Waals surface area contributed by atoms with E-state index in [1.807, 2.05) is 22.7 Å². The van der Waals surface area contributed by atoms with Gasteiger partial charge >= 0.3 is 0 Å². The second kappa shape index (κ2) is 6.50. The normalized spacial score (nSPS) is 13.0. The summed E-state index contributed by atoms with van der Waals surface area (Å²) in [6.45, 7) is 5.20. The topological polar surface area (TPSA) is 12.0 Å². The number of hydrogen-bond donors (Lipinski definition) is 1. The Balaban J connectivity index is 2.09. The van der Waals surface area contributed by atoms with Gasteiger partial charge in [0.1, 0.15) is 0 Å². The SMILES string of the molecule is CCNC(c1cc2sccc2s1)c1cc(Br)c(C)cc1Br. The molecule has 110 valence electrons. The second-order valence-corrected chi connectivity index (χ2v) is 8.68. The highest BCUT2D eigenvalue weighted by atomic mass is 79.9. The quantitative estimate of drug-likeness (QED) is 0.484. The van der Waals surface area contributed by atoms with Crippen LogP contribution in [-0.4, -0.2) is 6.54 Å². The molecule has 0 saturated heterocycles. The fourth-order valence-corrected chi connectivity index (χ4v) is 5.64. The van der Waals surface area contributed by atoms with Crippen molar-refractivity contribution >= 4 is 63.9 Å². The lowest BCUT2D eigenvalue weighted by molar-refractivity contribution is 0.637. The third-order valence-corrected chi connectivity index (χ3v) is 7.14. The smallest absolute Gasteiger partial charge is 0.0683 e. The fourth-order valence-electron chi connectivity index (χ4n) is 2.38. The zero-order valence-electron chi connectivity index (χ0n) is 11.7. The Labute approximate surface area is 149 Å². The van der Waals surface area contributed by atoms with Gasteiger partial charge < -0.3 is 5.32 Å². The van der Waals surface area contributed by atoms with Crippen molar-refractivity contribution in [2.45, 2.75) is 19.9 Å². The van der Waals surface area contributed by atoms with Crippen molar-refractivity contribution in [1.82, 2.24) is 5.32 Å². The molecule has 0 amide bonds. The number of aryl methyl sites for hydroxylation is 1. The molecule has 0 radical (unpaired) electrons. The second-order valence-electron chi connectivity index (χ2n) is 4.91. The first-order valence-corrected chi connectivity index (χ1v) is 10.0. The predicted molar refractivity (Wildman–Crippen MR) is 102 cm³/mol. The number of benzene rings is 1.